The van der Waals surface area contributed by atoms with Gasteiger partial charge in [0.05, 0.1) is 12.0 Å². The average Bonchev–Trinajstić information content (AvgIpc) is 3.26. The van der Waals surface area contributed by atoms with E-state index in [2.05, 4.69) is 10.6 Å². The number of carbonyl (C=O) groups excluding carboxylic acids is 2. The third kappa shape index (κ3) is 6.56. The van der Waals surface area contributed by atoms with Gasteiger partial charge in [-0.15, -0.1) is 0 Å². The number of alkyl halides is 5. The molecular weight excluding hydrogens is 471 g/mol. The lowest BCUT2D eigenvalue weighted by Gasteiger charge is -2.27. The topological polar surface area (TPSA) is 67.4 Å². The van der Waals surface area contributed by atoms with Crippen LogP contribution in [0.15, 0.2) is 48.5 Å². The summed E-state index contributed by atoms with van der Waals surface area (Å²) >= 11 is 0. The predicted molar refractivity (Wildman–Crippen MR) is 120 cm³/mol. The largest absolute Gasteiger partial charge is 0.398 e. The minimum absolute atomic E-state index is 0.0769. The van der Waals surface area contributed by atoms with Gasteiger partial charge in [-0.25, -0.2) is 8.78 Å². The fourth-order valence-electron chi connectivity index (χ4n) is 3.88. The quantitative estimate of drug-likeness (QED) is 0.434. The van der Waals surface area contributed by atoms with Gasteiger partial charge in [-0.2, -0.15) is 13.2 Å². The molecule has 1 amide bonds. The molecule has 2 N–H and O–H groups in total. The maximum atomic E-state index is 13.8. The predicted octanol–water partition coefficient (Wildman–Crippen LogP) is 5.72. The van der Waals surface area contributed by atoms with E-state index in [-0.39, 0.29) is 37.4 Å². The molecule has 3 rings (SSSR count). The SMILES string of the molecule is CC(C(=O)C[C@@]1(C(=O)NCc2ccc(Nc3ccccc3C(C)(F)F)cc2)CCOC1)C(F)(F)F. The molecule has 0 bridgehead atoms. The molecule has 35 heavy (non-hydrogen) atoms. The lowest BCUT2D eigenvalue weighted by Crippen LogP contribution is -2.44. The first-order valence-corrected chi connectivity index (χ1v) is 11.1. The molecule has 2 aromatic rings. The highest BCUT2D eigenvalue weighted by Crippen LogP contribution is 2.37. The van der Waals surface area contributed by atoms with Gasteiger partial charge in [-0.3, -0.25) is 9.59 Å². The summed E-state index contributed by atoms with van der Waals surface area (Å²) < 4.78 is 71.7. The normalized spacial score (nSPS) is 19.3. The van der Waals surface area contributed by atoms with Gasteiger partial charge in [0.25, 0.3) is 5.92 Å². The summed E-state index contributed by atoms with van der Waals surface area (Å²) in [6.07, 6.45) is -5.07. The van der Waals surface area contributed by atoms with Gasteiger partial charge in [-0.1, -0.05) is 30.3 Å². The lowest BCUT2D eigenvalue weighted by molar-refractivity contribution is -0.179. The van der Waals surface area contributed by atoms with Gasteiger partial charge in [0.2, 0.25) is 5.91 Å². The molecule has 0 spiro atoms. The first-order valence-electron chi connectivity index (χ1n) is 11.1. The molecule has 0 aliphatic carbocycles. The van der Waals surface area contributed by atoms with Crippen LogP contribution in [0.2, 0.25) is 0 Å². The second-order valence-electron chi connectivity index (χ2n) is 8.93. The maximum Gasteiger partial charge on any atom is 0.398 e. The Kier molecular flexibility index (Phi) is 7.83. The van der Waals surface area contributed by atoms with Crippen molar-refractivity contribution >= 4 is 23.1 Å². The van der Waals surface area contributed by atoms with E-state index in [0.717, 1.165) is 13.8 Å². The van der Waals surface area contributed by atoms with E-state index in [1.54, 1.807) is 36.4 Å². The fourth-order valence-corrected chi connectivity index (χ4v) is 3.88. The third-order valence-electron chi connectivity index (χ3n) is 6.16. The summed E-state index contributed by atoms with van der Waals surface area (Å²) in [5.74, 6) is -6.77. The van der Waals surface area contributed by atoms with Crippen molar-refractivity contribution in [2.75, 3.05) is 18.5 Å². The number of rotatable bonds is 9. The molecule has 0 aromatic heterocycles. The number of amides is 1. The molecular formula is C25H27F5N2O3. The van der Waals surface area contributed by atoms with Crippen LogP contribution in [0.4, 0.5) is 33.3 Å². The van der Waals surface area contributed by atoms with Crippen LogP contribution in [-0.2, 0) is 26.8 Å². The van der Waals surface area contributed by atoms with Crippen molar-refractivity contribution in [3.05, 3.63) is 59.7 Å². The van der Waals surface area contributed by atoms with Crippen LogP contribution in [0.25, 0.3) is 0 Å². The van der Waals surface area contributed by atoms with Crippen LogP contribution in [0.1, 0.15) is 37.8 Å². The minimum Gasteiger partial charge on any atom is -0.380 e. The molecule has 1 fully saturated rings. The smallest absolute Gasteiger partial charge is 0.380 e. The molecule has 1 unspecified atom stereocenters. The number of ether oxygens (including phenoxy) is 1. The van der Waals surface area contributed by atoms with Gasteiger partial charge in [-0.05, 0) is 37.1 Å². The summed E-state index contributed by atoms with van der Waals surface area (Å²) in [5.41, 5.74) is 0.0238. The molecule has 2 aromatic carbocycles. The molecule has 0 radical (unpaired) electrons. The molecule has 5 nitrogen and oxygen atoms in total. The molecule has 1 aliphatic rings. The first-order chi connectivity index (χ1) is 16.3. The Morgan fingerprint density at radius 2 is 1.71 bits per heavy atom. The summed E-state index contributed by atoms with van der Waals surface area (Å²) in [4.78, 5) is 25.1. The van der Waals surface area contributed by atoms with E-state index in [1.165, 1.54) is 12.1 Å². The van der Waals surface area contributed by atoms with Crippen molar-refractivity contribution in [3.8, 4) is 0 Å². The van der Waals surface area contributed by atoms with Crippen molar-refractivity contribution in [2.24, 2.45) is 11.3 Å². The van der Waals surface area contributed by atoms with Gasteiger partial charge in [0.15, 0.2) is 0 Å². The Morgan fingerprint density at radius 1 is 1.06 bits per heavy atom. The molecule has 10 heteroatoms. The summed E-state index contributed by atoms with van der Waals surface area (Å²) in [5, 5.41) is 5.64. The summed E-state index contributed by atoms with van der Waals surface area (Å²) in [7, 11) is 0. The van der Waals surface area contributed by atoms with Gasteiger partial charge in [0.1, 0.15) is 11.7 Å². The van der Waals surface area contributed by atoms with E-state index in [9.17, 15) is 31.5 Å². The number of hydrogen-bond donors (Lipinski definition) is 2. The minimum atomic E-state index is -4.67. The fraction of sp³-hybridized carbons (Fsp3) is 0.440. The van der Waals surface area contributed by atoms with Gasteiger partial charge in [0, 0.05) is 43.4 Å². The number of nitrogens with one attached hydrogen (secondary N) is 2. The van der Waals surface area contributed by atoms with Gasteiger partial charge < -0.3 is 15.4 Å². The van der Waals surface area contributed by atoms with Crippen LogP contribution in [0, 0.1) is 11.3 Å². The number of carbonyl (C=O) groups is 2. The highest BCUT2D eigenvalue weighted by Gasteiger charge is 2.48. The average molecular weight is 498 g/mol. The van der Waals surface area contributed by atoms with Crippen LogP contribution in [-0.4, -0.2) is 31.1 Å². The number of ketones is 1. The number of halogens is 5. The molecule has 0 saturated carbocycles. The molecule has 190 valence electrons. The second kappa shape index (κ2) is 10.3. The van der Waals surface area contributed by atoms with Gasteiger partial charge >= 0.3 is 6.18 Å². The second-order valence-corrected chi connectivity index (χ2v) is 8.93. The molecule has 1 saturated heterocycles. The number of para-hydroxylation sites is 1. The zero-order chi connectivity index (χ0) is 25.9. The summed E-state index contributed by atoms with van der Waals surface area (Å²) in [6, 6.07) is 12.8. The Hall–Kier alpha value is -3.01. The number of hydrogen-bond acceptors (Lipinski definition) is 4. The van der Waals surface area contributed by atoms with E-state index in [1.807, 2.05) is 0 Å². The highest BCUT2D eigenvalue weighted by atomic mass is 19.4. The van der Waals surface area contributed by atoms with Crippen molar-refractivity contribution in [1.29, 1.82) is 0 Å². The van der Waals surface area contributed by atoms with Crippen molar-refractivity contribution in [3.63, 3.8) is 0 Å². The Morgan fingerprint density at radius 3 is 2.29 bits per heavy atom. The zero-order valence-electron chi connectivity index (χ0n) is 19.3. The zero-order valence-corrected chi connectivity index (χ0v) is 19.3. The number of Topliss-reactive ketones (excluding diaryl/α,β-unsaturated/α-hetero) is 1. The monoisotopic (exact) mass is 498 g/mol. The van der Waals surface area contributed by atoms with E-state index in [0.29, 0.717) is 11.3 Å². The van der Waals surface area contributed by atoms with Crippen molar-refractivity contribution in [2.45, 2.75) is 45.3 Å². The maximum absolute atomic E-state index is 13.8. The van der Waals surface area contributed by atoms with Crippen LogP contribution in [0.5, 0.6) is 0 Å². The standard InChI is InChI=1S/C25H27F5N2O3/c1-16(25(28,29)30)21(33)13-24(11-12-35-15-24)22(34)31-14-17-7-9-18(10-8-17)32-20-6-4-3-5-19(20)23(2,26)27/h3-10,16,32H,11-15H2,1-2H3,(H,31,34)/t16?,24-/m0/s1. The lowest BCUT2D eigenvalue weighted by atomic mass is 9.79. The van der Waals surface area contributed by atoms with Crippen molar-refractivity contribution < 1.29 is 36.3 Å². The summed E-state index contributed by atoms with van der Waals surface area (Å²) in [6.45, 7) is 1.74. The highest BCUT2D eigenvalue weighted by molar-refractivity contribution is 5.91. The first kappa shape index (κ1) is 26.6. The van der Waals surface area contributed by atoms with E-state index in [4.69, 9.17) is 4.74 Å². The molecule has 1 heterocycles. The van der Waals surface area contributed by atoms with E-state index < -0.39 is 41.5 Å². The third-order valence-corrected chi connectivity index (χ3v) is 6.16. The van der Waals surface area contributed by atoms with Crippen LogP contribution < -0.4 is 10.6 Å². The Bertz CT molecular complexity index is 1040. The van der Waals surface area contributed by atoms with Crippen LogP contribution >= 0.6 is 0 Å². The Balaban J connectivity index is 1.63. The Labute approximate surface area is 200 Å². The number of benzene rings is 2. The number of anilines is 2. The molecule has 2 atom stereocenters. The van der Waals surface area contributed by atoms with Crippen molar-refractivity contribution in [1.82, 2.24) is 5.32 Å². The van der Waals surface area contributed by atoms with Crippen LogP contribution in [0.3, 0.4) is 0 Å². The molecule has 1 aliphatic heterocycles. The van der Waals surface area contributed by atoms with E-state index >= 15 is 0 Å².